The predicted octanol–water partition coefficient (Wildman–Crippen LogP) is 1.69. The smallest absolute Gasteiger partial charge is 0.336 e. The minimum atomic E-state index is -0.426. The van der Waals surface area contributed by atoms with E-state index in [2.05, 4.69) is 0 Å². The first kappa shape index (κ1) is 14.3. The largest absolute Gasteiger partial charge is 0.493 e. The lowest BCUT2D eigenvalue weighted by Gasteiger charge is -2.09. The van der Waals surface area contributed by atoms with Gasteiger partial charge in [0.2, 0.25) is 0 Å². The monoisotopic (exact) mass is 271 g/mol. The van der Waals surface area contributed by atoms with Crippen molar-refractivity contribution in [3.8, 4) is 11.5 Å². The fourth-order valence-electron chi connectivity index (χ4n) is 1.72. The zero-order valence-electron chi connectivity index (χ0n) is 10.1. The standard InChI is InChI=1S/C12H13NO4.ClH/c1-15-10-4-8-7(6-13)3-12(14)17-9(8)5-11(10)16-2;/h3-5H,6,13H2,1-2H3;1H. The second kappa shape index (κ2) is 5.75. The number of hydrogen-bond donors (Lipinski definition) is 1. The Morgan fingerprint density at radius 3 is 2.33 bits per heavy atom. The minimum absolute atomic E-state index is 0. The summed E-state index contributed by atoms with van der Waals surface area (Å²) in [4.78, 5) is 11.3. The summed E-state index contributed by atoms with van der Waals surface area (Å²) >= 11 is 0. The van der Waals surface area contributed by atoms with Gasteiger partial charge in [0.05, 0.1) is 14.2 Å². The Labute approximate surface area is 110 Å². The van der Waals surface area contributed by atoms with Gasteiger partial charge in [-0.05, 0) is 11.6 Å². The quantitative estimate of drug-likeness (QED) is 0.860. The van der Waals surface area contributed by atoms with E-state index in [-0.39, 0.29) is 19.0 Å². The Balaban J connectivity index is 0.00000162. The predicted molar refractivity (Wildman–Crippen MR) is 70.7 cm³/mol. The van der Waals surface area contributed by atoms with Crippen LogP contribution >= 0.6 is 12.4 Å². The van der Waals surface area contributed by atoms with Crippen molar-refractivity contribution in [1.82, 2.24) is 0 Å². The minimum Gasteiger partial charge on any atom is -0.493 e. The van der Waals surface area contributed by atoms with Crippen LogP contribution in [0.15, 0.2) is 27.4 Å². The van der Waals surface area contributed by atoms with E-state index in [4.69, 9.17) is 19.6 Å². The lowest BCUT2D eigenvalue weighted by Crippen LogP contribution is -2.05. The van der Waals surface area contributed by atoms with Crippen LogP contribution in [0, 0.1) is 0 Å². The maximum Gasteiger partial charge on any atom is 0.336 e. The van der Waals surface area contributed by atoms with Crippen LogP contribution in [-0.2, 0) is 6.54 Å². The molecule has 2 rings (SSSR count). The molecule has 0 fully saturated rings. The van der Waals surface area contributed by atoms with Gasteiger partial charge in [-0.15, -0.1) is 12.4 Å². The van der Waals surface area contributed by atoms with Crippen LogP contribution in [0.4, 0.5) is 0 Å². The summed E-state index contributed by atoms with van der Waals surface area (Å²) in [6.07, 6.45) is 0. The zero-order chi connectivity index (χ0) is 12.4. The van der Waals surface area contributed by atoms with Crippen molar-refractivity contribution in [1.29, 1.82) is 0 Å². The van der Waals surface area contributed by atoms with E-state index in [0.717, 1.165) is 10.9 Å². The molecule has 2 N–H and O–H groups in total. The van der Waals surface area contributed by atoms with Crippen molar-refractivity contribution in [2.75, 3.05) is 14.2 Å². The van der Waals surface area contributed by atoms with Gasteiger partial charge in [-0.1, -0.05) is 0 Å². The molecular weight excluding hydrogens is 258 g/mol. The first-order valence-corrected chi connectivity index (χ1v) is 5.08. The number of benzene rings is 1. The molecule has 18 heavy (non-hydrogen) atoms. The molecule has 0 aliphatic carbocycles. The Hall–Kier alpha value is -1.72. The third kappa shape index (κ3) is 2.42. The normalized spacial score (nSPS) is 9.94. The zero-order valence-corrected chi connectivity index (χ0v) is 10.9. The number of halogens is 1. The number of nitrogens with two attached hydrogens (primary N) is 1. The van der Waals surface area contributed by atoms with Crippen LogP contribution in [0.1, 0.15) is 5.56 Å². The van der Waals surface area contributed by atoms with Crippen LogP contribution in [0.2, 0.25) is 0 Å². The van der Waals surface area contributed by atoms with Gasteiger partial charge in [0, 0.05) is 24.1 Å². The van der Waals surface area contributed by atoms with Gasteiger partial charge in [-0.25, -0.2) is 4.79 Å². The molecule has 0 atom stereocenters. The molecule has 6 heteroatoms. The van der Waals surface area contributed by atoms with E-state index in [1.807, 2.05) is 0 Å². The summed E-state index contributed by atoms with van der Waals surface area (Å²) < 4.78 is 15.4. The molecule has 1 aromatic carbocycles. The molecular formula is C12H14ClNO4. The van der Waals surface area contributed by atoms with Crippen LogP contribution < -0.4 is 20.8 Å². The van der Waals surface area contributed by atoms with Crippen molar-refractivity contribution in [3.05, 3.63) is 34.2 Å². The maximum absolute atomic E-state index is 11.3. The fourth-order valence-corrected chi connectivity index (χ4v) is 1.72. The molecule has 0 aliphatic heterocycles. The highest BCUT2D eigenvalue weighted by Gasteiger charge is 2.11. The highest BCUT2D eigenvalue weighted by Crippen LogP contribution is 2.32. The topological polar surface area (TPSA) is 74.7 Å². The van der Waals surface area contributed by atoms with E-state index in [1.165, 1.54) is 13.2 Å². The molecule has 0 unspecified atom stereocenters. The lowest BCUT2D eigenvalue weighted by molar-refractivity contribution is 0.355. The number of methoxy groups -OCH3 is 2. The average Bonchev–Trinajstić information content (AvgIpc) is 2.35. The Bertz CT molecular complexity index is 609. The Morgan fingerprint density at radius 1 is 1.17 bits per heavy atom. The number of hydrogen-bond acceptors (Lipinski definition) is 5. The summed E-state index contributed by atoms with van der Waals surface area (Å²) in [6.45, 7) is 0.261. The number of rotatable bonds is 3. The van der Waals surface area contributed by atoms with E-state index >= 15 is 0 Å². The van der Waals surface area contributed by atoms with E-state index in [9.17, 15) is 4.79 Å². The first-order chi connectivity index (χ1) is 8.19. The molecule has 1 heterocycles. The number of ether oxygens (including phenoxy) is 2. The van der Waals surface area contributed by atoms with Crippen LogP contribution in [0.5, 0.6) is 11.5 Å². The van der Waals surface area contributed by atoms with Gasteiger partial charge < -0.3 is 19.6 Å². The van der Waals surface area contributed by atoms with Gasteiger partial charge in [0.1, 0.15) is 5.58 Å². The van der Waals surface area contributed by atoms with Crippen molar-refractivity contribution >= 4 is 23.4 Å². The van der Waals surface area contributed by atoms with E-state index < -0.39 is 5.63 Å². The summed E-state index contributed by atoms with van der Waals surface area (Å²) in [5.41, 5.74) is 6.33. The van der Waals surface area contributed by atoms with Gasteiger partial charge in [0.15, 0.2) is 11.5 Å². The third-order valence-corrected chi connectivity index (χ3v) is 2.55. The van der Waals surface area contributed by atoms with Crippen LogP contribution in [-0.4, -0.2) is 14.2 Å². The maximum atomic E-state index is 11.3. The summed E-state index contributed by atoms with van der Waals surface area (Å²) in [7, 11) is 3.07. The molecule has 0 saturated heterocycles. The summed E-state index contributed by atoms with van der Waals surface area (Å²) in [6, 6.07) is 4.75. The van der Waals surface area contributed by atoms with Crippen molar-refractivity contribution in [3.63, 3.8) is 0 Å². The Morgan fingerprint density at radius 2 is 1.78 bits per heavy atom. The molecule has 98 valence electrons. The molecule has 0 aliphatic rings. The van der Waals surface area contributed by atoms with Crippen LogP contribution in [0.25, 0.3) is 11.0 Å². The SMILES string of the molecule is COc1cc2oc(=O)cc(CN)c2cc1OC.Cl. The van der Waals surface area contributed by atoms with E-state index in [0.29, 0.717) is 17.1 Å². The molecule has 0 radical (unpaired) electrons. The molecule has 0 saturated carbocycles. The average molecular weight is 272 g/mol. The van der Waals surface area contributed by atoms with Gasteiger partial charge in [-0.2, -0.15) is 0 Å². The second-order valence-electron chi connectivity index (χ2n) is 3.50. The van der Waals surface area contributed by atoms with Crippen molar-refractivity contribution in [2.45, 2.75) is 6.54 Å². The van der Waals surface area contributed by atoms with Gasteiger partial charge in [0.25, 0.3) is 0 Å². The van der Waals surface area contributed by atoms with Gasteiger partial charge in [-0.3, -0.25) is 0 Å². The van der Waals surface area contributed by atoms with Crippen molar-refractivity contribution < 1.29 is 13.9 Å². The van der Waals surface area contributed by atoms with Crippen molar-refractivity contribution in [2.24, 2.45) is 5.73 Å². The Kier molecular flexibility index (Phi) is 4.58. The van der Waals surface area contributed by atoms with Crippen LogP contribution in [0.3, 0.4) is 0 Å². The van der Waals surface area contributed by atoms with Gasteiger partial charge >= 0.3 is 5.63 Å². The lowest BCUT2D eigenvalue weighted by atomic mass is 10.1. The molecule has 0 bridgehead atoms. The first-order valence-electron chi connectivity index (χ1n) is 5.08. The van der Waals surface area contributed by atoms with E-state index in [1.54, 1.807) is 19.2 Å². The molecule has 0 amide bonds. The molecule has 1 aromatic heterocycles. The summed E-state index contributed by atoms with van der Waals surface area (Å²) in [5, 5.41) is 0.754. The highest BCUT2D eigenvalue weighted by molar-refractivity contribution is 5.85. The molecule has 5 nitrogen and oxygen atoms in total. The molecule has 0 spiro atoms. The third-order valence-electron chi connectivity index (χ3n) is 2.55. The molecule has 2 aromatic rings. The second-order valence-corrected chi connectivity index (χ2v) is 3.50. The number of fused-ring (bicyclic) bond motifs is 1. The summed E-state index contributed by atoms with van der Waals surface area (Å²) in [5.74, 6) is 1.08. The fraction of sp³-hybridized carbons (Fsp3) is 0.250. The highest BCUT2D eigenvalue weighted by atomic mass is 35.5.